The quantitative estimate of drug-likeness (QED) is 0.585. The van der Waals surface area contributed by atoms with Crippen LogP contribution in [0.15, 0.2) is 36.4 Å². The van der Waals surface area contributed by atoms with Gasteiger partial charge in [0.2, 0.25) is 5.60 Å². The lowest BCUT2D eigenvalue weighted by molar-refractivity contribution is -0.247. The summed E-state index contributed by atoms with van der Waals surface area (Å²) in [6, 6.07) is 11.0. The van der Waals surface area contributed by atoms with Crippen molar-refractivity contribution in [2.24, 2.45) is 0 Å². The standard InChI is InChI=1S/C20H18O7/c21-13-7-8-14(22)19-18(13,27-19)15(23)9-16(24)20(19)25-11-5-1-3-10-4-2-6-12(26-20)17(10)11/h1-6,13,15-16,21,23-24H,7-9H2. The second kappa shape index (κ2) is 4.62. The van der Waals surface area contributed by atoms with Crippen LogP contribution in [0.25, 0.3) is 10.8 Å². The van der Waals surface area contributed by atoms with Crippen LogP contribution < -0.4 is 9.47 Å². The number of aliphatic hydroxyl groups is 3. The van der Waals surface area contributed by atoms with Gasteiger partial charge < -0.3 is 29.5 Å². The average molecular weight is 370 g/mol. The number of hydrogen-bond donors (Lipinski definition) is 3. The SMILES string of the molecule is O=C1CCC(O)C23OC12C1(Oc2cccc4cccc(c24)O1)C(O)CC3O. The van der Waals surface area contributed by atoms with E-state index in [0.717, 1.165) is 10.8 Å². The van der Waals surface area contributed by atoms with Gasteiger partial charge in [0.25, 0.3) is 0 Å². The predicted octanol–water partition coefficient (Wildman–Crippen LogP) is 0.664. The van der Waals surface area contributed by atoms with Gasteiger partial charge in [-0.1, -0.05) is 24.3 Å². The molecule has 3 N–H and O–H groups in total. The molecule has 5 atom stereocenters. The van der Waals surface area contributed by atoms with E-state index in [0.29, 0.717) is 11.5 Å². The summed E-state index contributed by atoms with van der Waals surface area (Å²) in [5, 5.41) is 33.8. The minimum atomic E-state index is -1.85. The summed E-state index contributed by atoms with van der Waals surface area (Å²) in [5.41, 5.74) is -3.26. The second-order valence-electron chi connectivity index (χ2n) is 7.80. The van der Waals surface area contributed by atoms with E-state index in [-0.39, 0.29) is 25.0 Å². The van der Waals surface area contributed by atoms with E-state index < -0.39 is 35.3 Å². The van der Waals surface area contributed by atoms with Crippen molar-refractivity contribution in [3.8, 4) is 11.5 Å². The van der Waals surface area contributed by atoms with Crippen molar-refractivity contribution in [2.45, 2.75) is 54.6 Å². The maximum atomic E-state index is 13.0. The third kappa shape index (κ3) is 1.50. The molecule has 0 amide bonds. The normalized spacial score (nSPS) is 40.7. The van der Waals surface area contributed by atoms with Gasteiger partial charge in [-0.25, -0.2) is 0 Å². The van der Waals surface area contributed by atoms with Crippen LogP contribution in [0.3, 0.4) is 0 Å². The Morgan fingerprint density at radius 3 is 2.26 bits per heavy atom. The molecule has 0 radical (unpaired) electrons. The van der Waals surface area contributed by atoms with Gasteiger partial charge in [-0.05, 0) is 23.9 Å². The lowest BCUT2D eigenvalue weighted by atomic mass is 9.63. The van der Waals surface area contributed by atoms with Gasteiger partial charge in [0.05, 0.1) is 17.6 Å². The second-order valence-corrected chi connectivity index (χ2v) is 7.80. The molecule has 1 saturated heterocycles. The lowest BCUT2D eigenvalue weighted by Crippen LogP contribution is -2.76. The van der Waals surface area contributed by atoms with E-state index >= 15 is 0 Å². The number of carbonyl (C=O) groups excluding carboxylic acids is 1. The van der Waals surface area contributed by atoms with Gasteiger partial charge in [0.1, 0.15) is 17.6 Å². The molecule has 3 fully saturated rings. The van der Waals surface area contributed by atoms with Crippen molar-refractivity contribution in [2.75, 3.05) is 0 Å². The van der Waals surface area contributed by atoms with Crippen LogP contribution in [0.5, 0.6) is 11.5 Å². The molecule has 6 rings (SSSR count). The number of ether oxygens (including phenoxy) is 3. The molecule has 0 aromatic heterocycles. The van der Waals surface area contributed by atoms with Crippen molar-refractivity contribution in [1.29, 1.82) is 0 Å². The Morgan fingerprint density at radius 2 is 1.59 bits per heavy atom. The first-order valence-electron chi connectivity index (χ1n) is 9.14. The number of Topliss-reactive ketones (excluding diaryl/α,β-unsaturated/α-hetero) is 1. The smallest absolute Gasteiger partial charge is 0.317 e. The Morgan fingerprint density at radius 1 is 0.926 bits per heavy atom. The molecule has 7 nitrogen and oxygen atoms in total. The Labute approximate surface area is 154 Å². The summed E-state index contributed by atoms with van der Waals surface area (Å²) < 4.78 is 18.2. The summed E-state index contributed by atoms with van der Waals surface area (Å²) >= 11 is 0. The average Bonchev–Trinajstić information content (AvgIpc) is 3.40. The minimum absolute atomic E-state index is 0.0582. The topological polar surface area (TPSA) is 109 Å². The van der Waals surface area contributed by atoms with Gasteiger partial charge in [0.15, 0.2) is 11.4 Å². The predicted molar refractivity (Wildman–Crippen MR) is 91.4 cm³/mol. The number of rotatable bonds is 0. The molecule has 0 bridgehead atoms. The molecule has 27 heavy (non-hydrogen) atoms. The number of ketones is 1. The monoisotopic (exact) mass is 370 g/mol. The van der Waals surface area contributed by atoms with Crippen molar-refractivity contribution in [3.05, 3.63) is 36.4 Å². The fraction of sp³-hybridized carbons (Fsp3) is 0.450. The summed E-state index contributed by atoms with van der Waals surface area (Å²) in [7, 11) is 0. The molecule has 7 heteroatoms. The number of carbonyl (C=O) groups is 1. The molecule has 2 heterocycles. The van der Waals surface area contributed by atoms with E-state index in [1.54, 1.807) is 12.1 Å². The molecule has 2 saturated carbocycles. The van der Waals surface area contributed by atoms with Crippen LogP contribution >= 0.6 is 0 Å². The fourth-order valence-corrected chi connectivity index (χ4v) is 5.37. The van der Waals surface area contributed by atoms with Gasteiger partial charge in [-0.2, -0.15) is 0 Å². The summed E-state index contributed by atoms with van der Waals surface area (Å²) in [6.45, 7) is 0. The molecule has 2 aromatic rings. The van der Waals surface area contributed by atoms with E-state index in [4.69, 9.17) is 14.2 Å². The van der Waals surface area contributed by atoms with Gasteiger partial charge in [0, 0.05) is 12.8 Å². The highest BCUT2D eigenvalue weighted by molar-refractivity contribution is 5.98. The van der Waals surface area contributed by atoms with Crippen molar-refractivity contribution < 1.29 is 34.3 Å². The third-order valence-corrected chi connectivity index (χ3v) is 6.59. The number of benzene rings is 2. The highest BCUT2D eigenvalue weighted by Crippen LogP contribution is 2.68. The Hall–Kier alpha value is -2.19. The highest BCUT2D eigenvalue weighted by atomic mass is 16.8. The van der Waals surface area contributed by atoms with Crippen molar-refractivity contribution >= 4 is 16.6 Å². The van der Waals surface area contributed by atoms with Crippen LogP contribution in [0.2, 0.25) is 0 Å². The molecule has 2 aliphatic carbocycles. The summed E-state index contributed by atoms with van der Waals surface area (Å²) in [4.78, 5) is 13.0. The first kappa shape index (κ1) is 15.8. The van der Waals surface area contributed by atoms with Gasteiger partial charge in [-0.15, -0.1) is 0 Å². The first-order valence-corrected chi connectivity index (χ1v) is 9.14. The number of epoxide rings is 1. The fourth-order valence-electron chi connectivity index (χ4n) is 5.37. The largest absolute Gasteiger partial charge is 0.446 e. The van der Waals surface area contributed by atoms with Crippen molar-refractivity contribution in [3.63, 3.8) is 0 Å². The van der Waals surface area contributed by atoms with E-state index in [9.17, 15) is 20.1 Å². The summed E-state index contributed by atoms with van der Waals surface area (Å²) in [5.74, 6) is -1.25. The molecule has 140 valence electrons. The number of hydrogen-bond acceptors (Lipinski definition) is 7. The van der Waals surface area contributed by atoms with Crippen LogP contribution in [-0.2, 0) is 9.53 Å². The van der Waals surface area contributed by atoms with Crippen LogP contribution in [0, 0.1) is 0 Å². The van der Waals surface area contributed by atoms with Gasteiger partial charge >= 0.3 is 5.79 Å². The molecule has 4 aliphatic rings. The van der Waals surface area contributed by atoms with Gasteiger partial charge in [-0.3, -0.25) is 4.79 Å². The third-order valence-electron chi connectivity index (χ3n) is 6.59. The van der Waals surface area contributed by atoms with E-state index in [2.05, 4.69) is 0 Å². The molecular formula is C20H18O7. The maximum Gasteiger partial charge on any atom is 0.317 e. The van der Waals surface area contributed by atoms with Crippen LogP contribution in [0.1, 0.15) is 19.3 Å². The molecule has 2 aliphatic heterocycles. The zero-order valence-electron chi connectivity index (χ0n) is 14.3. The van der Waals surface area contributed by atoms with Crippen LogP contribution in [-0.4, -0.2) is 56.4 Å². The minimum Gasteiger partial charge on any atom is -0.446 e. The first-order chi connectivity index (χ1) is 13.0. The summed E-state index contributed by atoms with van der Waals surface area (Å²) in [6.07, 6.45) is -3.45. The molecule has 5 unspecified atom stereocenters. The van der Waals surface area contributed by atoms with E-state index in [1.165, 1.54) is 0 Å². The maximum absolute atomic E-state index is 13.0. The molecule has 2 aromatic carbocycles. The lowest BCUT2D eigenvalue weighted by Gasteiger charge is -2.50. The van der Waals surface area contributed by atoms with Crippen molar-refractivity contribution in [1.82, 2.24) is 0 Å². The molecular weight excluding hydrogens is 352 g/mol. The number of aliphatic hydroxyl groups excluding tert-OH is 3. The van der Waals surface area contributed by atoms with E-state index in [1.807, 2.05) is 24.3 Å². The van der Waals surface area contributed by atoms with Crippen LogP contribution in [0.4, 0.5) is 0 Å². The molecule has 1 spiro atoms. The highest BCUT2D eigenvalue weighted by Gasteiger charge is 2.95. The Balaban J connectivity index is 1.60. The zero-order chi connectivity index (χ0) is 18.6. The Bertz CT molecular complexity index is 962. The zero-order valence-corrected chi connectivity index (χ0v) is 14.3. The Kier molecular flexibility index (Phi) is 2.71.